The van der Waals surface area contributed by atoms with Gasteiger partial charge in [-0.25, -0.2) is 0 Å². The standard InChI is InChI=1S/C23H32N4O/c28-23(24-20-12-4-5-13-20)22-16-21(25-26-22)19-11-7-15-27(17-19)14-6-10-18-8-2-1-3-9-18/h1-3,8-9,16,19-20H,4-7,10-15,17H2,(H,24,28)(H,25,26)/t19-/m0/s1. The van der Waals surface area contributed by atoms with Gasteiger partial charge in [0.05, 0.1) is 0 Å². The number of hydrogen-bond acceptors (Lipinski definition) is 3. The lowest BCUT2D eigenvalue weighted by Crippen LogP contribution is -2.35. The Bertz CT molecular complexity index is 751. The van der Waals surface area contributed by atoms with Gasteiger partial charge in [-0.3, -0.25) is 9.89 Å². The Kier molecular flexibility index (Phi) is 6.42. The monoisotopic (exact) mass is 380 g/mol. The molecule has 2 N–H and O–H groups in total. The van der Waals surface area contributed by atoms with Crippen LogP contribution in [-0.2, 0) is 6.42 Å². The molecule has 1 aliphatic heterocycles. The third-order valence-corrected chi connectivity index (χ3v) is 6.25. The first-order valence-electron chi connectivity index (χ1n) is 10.9. The van der Waals surface area contributed by atoms with Crippen LogP contribution in [-0.4, -0.2) is 46.7 Å². The van der Waals surface area contributed by atoms with Gasteiger partial charge in [0.15, 0.2) is 0 Å². The molecule has 0 bridgehead atoms. The topological polar surface area (TPSA) is 61.0 Å². The number of piperidine rings is 1. The predicted molar refractivity (Wildman–Crippen MR) is 111 cm³/mol. The Balaban J connectivity index is 1.27. The van der Waals surface area contributed by atoms with Crippen LogP contribution in [0.2, 0.25) is 0 Å². The third kappa shape index (κ3) is 5.02. The number of hydrogen-bond donors (Lipinski definition) is 2. The number of benzene rings is 1. The Labute approximate surface area is 167 Å². The maximum Gasteiger partial charge on any atom is 0.271 e. The highest BCUT2D eigenvalue weighted by molar-refractivity contribution is 5.92. The summed E-state index contributed by atoms with van der Waals surface area (Å²) in [6, 6.07) is 13.0. The van der Waals surface area contributed by atoms with E-state index in [-0.39, 0.29) is 5.91 Å². The van der Waals surface area contributed by atoms with Gasteiger partial charge in [-0.1, -0.05) is 43.2 Å². The van der Waals surface area contributed by atoms with Crippen molar-refractivity contribution in [3.05, 3.63) is 53.3 Å². The van der Waals surface area contributed by atoms with E-state index in [4.69, 9.17) is 0 Å². The number of nitrogens with zero attached hydrogens (tertiary/aromatic N) is 2. The van der Waals surface area contributed by atoms with Crippen LogP contribution in [0.3, 0.4) is 0 Å². The van der Waals surface area contributed by atoms with Crippen LogP contribution in [0.25, 0.3) is 0 Å². The van der Waals surface area contributed by atoms with Crippen molar-refractivity contribution in [1.82, 2.24) is 20.4 Å². The van der Waals surface area contributed by atoms with Crippen LogP contribution >= 0.6 is 0 Å². The highest BCUT2D eigenvalue weighted by Gasteiger charge is 2.25. The van der Waals surface area contributed by atoms with Crippen molar-refractivity contribution in [2.45, 2.75) is 63.3 Å². The second-order valence-electron chi connectivity index (χ2n) is 8.39. The summed E-state index contributed by atoms with van der Waals surface area (Å²) in [6.45, 7) is 3.36. The van der Waals surface area contributed by atoms with Gasteiger partial charge in [-0.15, -0.1) is 0 Å². The summed E-state index contributed by atoms with van der Waals surface area (Å²) in [4.78, 5) is 15.0. The van der Waals surface area contributed by atoms with Gasteiger partial charge in [-0.2, -0.15) is 5.10 Å². The molecule has 2 fully saturated rings. The number of carbonyl (C=O) groups excluding carboxylic acids is 1. The van der Waals surface area contributed by atoms with E-state index in [9.17, 15) is 4.79 Å². The van der Waals surface area contributed by atoms with E-state index in [1.165, 1.54) is 44.2 Å². The minimum absolute atomic E-state index is 0.0232. The number of nitrogens with one attached hydrogen (secondary N) is 2. The van der Waals surface area contributed by atoms with Crippen LogP contribution in [0.15, 0.2) is 36.4 Å². The minimum atomic E-state index is -0.0232. The number of aromatic nitrogens is 2. The molecular weight excluding hydrogens is 348 g/mol. The molecule has 1 aliphatic carbocycles. The predicted octanol–water partition coefficient (Wildman–Crippen LogP) is 3.89. The van der Waals surface area contributed by atoms with Crippen LogP contribution in [0.1, 0.15) is 72.6 Å². The van der Waals surface area contributed by atoms with Crippen LogP contribution in [0.5, 0.6) is 0 Å². The van der Waals surface area contributed by atoms with E-state index in [0.29, 0.717) is 17.7 Å². The molecule has 5 nitrogen and oxygen atoms in total. The van der Waals surface area contributed by atoms with Crippen molar-refractivity contribution in [3.8, 4) is 0 Å². The molecule has 0 radical (unpaired) electrons. The van der Waals surface area contributed by atoms with Crippen molar-refractivity contribution in [1.29, 1.82) is 0 Å². The summed E-state index contributed by atoms with van der Waals surface area (Å²) in [5.74, 6) is 0.427. The molecule has 2 aromatic rings. The van der Waals surface area contributed by atoms with Crippen molar-refractivity contribution in [2.75, 3.05) is 19.6 Å². The van der Waals surface area contributed by atoms with Crippen LogP contribution in [0.4, 0.5) is 0 Å². The van der Waals surface area contributed by atoms with E-state index in [2.05, 4.69) is 50.7 Å². The zero-order chi connectivity index (χ0) is 19.2. The second-order valence-corrected chi connectivity index (χ2v) is 8.39. The summed E-state index contributed by atoms with van der Waals surface area (Å²) in [5, 5.41) is 10.6. The van der Waals surface area contributed by atoms with E-state index in [1.807, 2.05) is 6.07 Å². The fourth-order valence-corrected chi connectivity index (χ4v) is 4.66. The lowest BCUT2D eigenvalue weighted by atomic mass is 9.94. The highest BCUT2D eigenvalue weighted by Crippen LogP contribution is 2.26. The molecule has 1 saturated carbocycles. The Morgan fingerprint density at radius 2 is 1.96 bits per heavy atom. The Morgan fingerprint density at radius 3 is 2.79 bits per heavy atom. The SMILES string of the molecule is O=C(NC1CCCC1)c1cc([C@H]2CCCN(CCCc3ccccc3)C2)[nH]n1. The normalized spacial score (nSPS) is 21.1. The van der Waals surface area contributed by atoms with E-state index in [1.54, 1.807) is 0 Å². The lowest BCUT2D eigenvalue weighted by molar-refractivity contribution is 0.0933. The van der Waals surface area contributed by atoms with Crippen molar-refractivity contribution < 1.29 is 4.79 Å². The maximum atomic E-state index is 12.4. The molecule has 2 heterocycles. The smallest absolute Gasteiger partial charge is 0.271 e. The molecule has 1 amide bonds. The molecule has 1 atom stereocenters. The van der Waals surface area contributed by atoms with Crippen LogP contribution < -0.4 is 5.32 Å². The average Bonchev–Trinajstić information content (AvgIpc) is 3.41. The molecule has 2 aliphatic rings. The first-order chi connectivity index (χ1) is 13.8. The number of aryl methyl sites for hydroxylation is 1. The summed E-state index contributed by atoms with van der Waals surface area (Å²) in [5.41, 5.74) is 3.08. The molecule has 1 saturated heterocycles. The quantitative estimate of drug-likeness (QED) is 0.766. The zero-order valence-electron chi connectivity index (χ0n) is 16.7. The first kappa shape index (κ1) is 19.2. The molecule has 150 valence electrons. The Hall–Kier alpha value is -2.14. The number of H-pyrrole nitrogens is 1. The van der Waals surface area contributed by atoms with Gasteiger partial charge < -0.3 is 10.2 Å². The van der Waals surface area contributed by atoms with Gasteiger partial charge in [0.2, 0.25) is 0 Å². The molecule has 5 heteroatoms. The highest BCUT2D eigenvalue weighted by atomic mass is 16.2. The third-order valence-electron chi connectivity index (χ3n) is 6.25. The summed E-state index contributed by atoms with van der Waals surface area (Å²) >= 11 is 0. The van der Waals surface area contributed by atoms with Crippen molar-refractivity contribution in [3.63, 3.8) is 0 Å². The fourth-order valence-electron chi connectivity index (χ4n) is 4.66. The Morgan fingerprint density at radius 1 is 1.14 bits per heavy atom. The summed E-state index contributed by atoms with van der Waals surface area (Å²) < 4.78 is 0. The van der Waals surface area contributed by atoms with Crippen molar-refractivity contribution >= 4 is 5.91 Å². The van der Waals surface area contributed by atoms with Gasteiger partial charge in [-0.05, 0) is 63.2 Å². The summed E-state index contributed by atoms with van der Waals surface area (Å²) in [6.07, 6.45) is 9.34. The number of likely N-dealkylation sites (tertiary alicyclic amines) is 1. The molecule has 28 heavy (non-hydrogen) atoms. The summed E-state index contributed by atoms with van der Waals surface area (Å²) in [7, 11) is 0. The molecular formula is C23H32N4O. The zero-order valence-corrected chi connectivity index (χ0v) is 16.7. The van der Waals surface area contributed by atoms with Gasteiger partial charge in [0.25, 0.3) is 5.91 Å². The lowest BCUT2D eigenvalue weighted by Gasteiger charge is -2.32. The van der Waals surface area contributed by atoms with E-state index in [0.717, 1.165) is 38.0 Å². The van der Waals surface area contributed by atoms with Crippen LogP contribution in [0, 0.1) is 0 Å². The van der Waals surface area contributed by atoms with Gasteiger partial charge in [0.1, 0.15) is 5.69 Å². The molecule has 1 aromatic carbocycles. The molecule has 0 spiro atoms. The fraction of sp³-hybridized carbons (Fsp3) is 0.565. The molecule has 0 unspecified atom stereocenters. The molecule has 1 aromatic heterocycles. The average molecular weight is 381 g/mol. The van der Waals surface area contributed by atoms with E-state index >= 15 is 0 Å². The largest absolute Gasteiger partial charge is 0.348 e. The molecule has 4 rings (SSSR count). The van der Waals surface area contributed by atoms with Gasteiger partial charge >= 0.3 is 0 Å². The van der Waals surface area contributed by atoms with Crippen molar-refractivity contribution in [2.24, 2.45) is 0 Å². The number of carbonyl (C=O) groups is 1. The van der Waals surface area contributed by atoms with Gasteiger partial charge in [0, 0.05) is 24.2 Å². The first-order valence-corrected chi connectivity index (χ1v) is 10.9. The second kappa shape index (κ2) is 9.37. The number of rotatable bonds is 7. The van der Waals surface area contributed by atoms with E-state index < -0.39 is 0 Å². The minimum Gasteiger partial charge on any atom is -0.348 e. The number of aromatic amines is 1. The number of amides is 1. The maximum absolute atomic E-state index is 12.4.